The smallest absolute Gasteiger partial charge is 0.255 e. The third-order valence-electron chi connectivity index (χ3n) is 7.65. The second-order valence-corrected chi connectivity index (χ2v) is 11.6. The van der Waals surface area contributed by atoms with Gasteiger partial charge in [0, 0.05) is 35.2 Å². The molecule has 6 rings (SSSR count). The summed E-state index contributed by atoms with van der Waals surface area (Å²) in [5.41, 5.74) is 5.72. The molecule has 2 aromatic carbocycles. The maximum Gasteiger partial charge on any atom is 0.255 e. The Kier molecular flexibility index (Phi) is 5.09. The Balaban J connectivity index is 1.44. The van der Waals surface area contributed by atoms with E-state index in [0.717, 1.165) is 46.1 Å². The molecule has 11 heteroatoms. The predicted molar refractivity (Wildman–Crippen MR) is 154 cm³/mol. The fourth-order valence-electron chi connectivity index (χ4n) is 5.40. The SMILES string of the molecule is BC1(B)c2ncccc2C(=O)N1Cc1c(F)cc(-c2cccc3nn(C(B)(B)B)cc23)cc1C1CC1. The number of rotatable bonds is 5. The van der Waals surface area contributed by atoms with Crippen molar-refractivity contribution in [1.29, 1.82) is 0 Å². The molecule has 174 valence electrons. The normalized spacial score (nSPS) is 17.0. The number of pyridine rings is 1. The van der Waals surface area contributed by atoms with Gasteiger partial charge in [-0.2, -0.15) is 5.10 Å². The van der Waals surface area contributed by atoms with Crippen molar-refractivity contribution in [1.82, 2.24) is 19.7 Å². The summed E-state index contributed by atoms with van der Waals surface area (Å²) >= 11 is 0. The number of nitrogens with zero attached hydrogens (tertiary/aromatic N) is 4. The Morgan fingerprint density at radius 3 is 2.53 bits per heavy atom. The summed E-state index contributed by atoms with van der Waals surface area (Å²) in [4.78, 5) is 19.5. The van der Waals surface area contributed by atoms with E-state index < -0.39 is 5.34 Å². The largest absolute Gasteiger partial charge is 0.339 e. The second-order valence-electron chi connectivity index (χ2n) is 11.6. The Hall–Kier alpha value is -3.22. The molecule has 0 spiro atoms. The molecule has 2 aromatic heterocycles. The van der Waals surface area contributed by atoms with Crippen LogP contribution in [0.25, 0.3) is 22.0 Å². The van der Waals surface area contributed by atoms with E-state index in [-0.39, 0.29) is 23.5 Å². The van der Waals surface area contributed by atoms with Crippen LogP contribution < -0.4 is 0 Å². The van der Waals surface area contributed by atoms with E-state index in [9.17, 15) is 4.79 Å². The van der Waals surface area contributed by atoms with E-state index in [2.05, 4.69) is 40.8 Å². The number of aromatic nitrogens is 3. The minimum absolute atomic E-state index is 0.0901. The molecular formula is C25H26B5FN4O. The summed E-state index contributed by atoms with van der Waals surface area (Å²) < 4.78 is 17.9. The highest BCUT2D eigenvalue weighted by molar-refractivity contribution is 6.56. The van der Waals surface area contributed by atoms with Crippen LogP contribution >= 0.6 is 0 Å². The molecule has 5 nitrogen and oxygen atoms in total. The number of carbonyl (C=O) groups is 1. The highest BCUT2D eigenvalue weighted by Gasteiger charge is 2.44. The Morgan fingerprint density at radius 1 is 1.08 bits per heavy atom. The van der Waals surface area contributed by atoms with Crippen LogP contribution in [0.15, 0.2) is 54.9 Å². The van der Waals surface area contributed by atoms with E-state index in [0.29, 0.717) is 17.0 Å². The molecule has 0 atom stereocenters. The zero-order chi connectivity index (χ0) is 25.4. The average Bonchev–Trinajstić information content (AvgIpc) is 3.54. The van der Waals surface area contributed by atoms with Gasteiger partial charge in [0.2, 0.25) is 0 Å². The summed E-state index contributed by atoms with van der Waals surface area (Å²) in [6.07, 6.45) is 5.86. The molecule has 0 bridgehead atoms. The van der Waals surface area contributed by atoms with Crippen molar-refractivity contribution in [2.24, 2.45) is 0 Å². The van der Waals surface area contributed by atoms with Crippen molar-refractivity contribution in [3.05, 3.63) is 83.1 Å². The zero-order valence-electron chi connectivity index (χ0n) is 21.5. The maximum absolute atomic E-state index is 16.0. The van der Waals surface area contributed by atoms with Gasteiger partial charge in [-0.25, -0.2) is 4.39 Å². The van der Waals surface area contributed by atoms with Crippen LogP contribution in [-0.4, -0.2) is 64.8 Å². The van der Waals surface area contributed by atoms with Crippen LogP contribution in [0.3, 0.4) is 0 Å². The number of carbonyl (C=O) groups excluding carboxylic acids is 1. The minimum atomic E-state index is -0.604. The molecule has 0 N–H and O–H groups in total. The van der Waals surface area contributed by atoms with Gasteiger partial charge in [-0.05, 0) is 65.0 Å². The first kappa shape index (κ1) is 23.2. The lowest BCUT2D eigenvalue weighted by Gasteiger charge is -2.33. The summed E-state index contributed by atoms with van der Waals surface area (Å²) in [7, 11) is 10.3. The lowest BCUT2D eigenvalue weighted by molar-refractivity contribution is 0.0729. The van der Waals surface area contributed by atoms with Gasteiger partial charge in [0.15, 0.2) is 0 Å². The standard InChI is InChI=1S/C25H26B5FN4O/c26-24(27)22-16(4-2-8-32-22)23(36)34(24)11-18-17(13-6-7-13)9-14(10-20(18)31)15-3-1-5-21-19(15)12-35(33-21)25(28,29)30/h1-5,8-10,12-13H,6-7,11,26-30H2. The molecule has 1 fully saturated rings. The molecular weight excluding hydrogens is 445 g/mol. The zero-order valence-corrected chi connectivity index (χ0v) is 21.5. The molecule has 1 amide bonds. The molecule has 1 aliphatic heterocycles. The van der Waals surface area contributed by atoms with Crippen LogP contribution in [0.1, 0.15) is 45.9 Å². The van der Waals surface area contributed by atoms with E-state index in [4.69, 9.17) is 5.10 Å². The van der Waals surface area contributed by atoms with Crippen LogP contribution in [0, 0.1) is 5.82 Å². The monoisotopic (exact) mass is 472 g/mol. The topological polar surface area (TPSA) is 51.0 Å². The van der Waals surface area contributed by atoms with Gasteiger partial charge in [-0.1, -0.05) is 18.2 Å². The summed E-state index contributed by atoms with van der Waals surface area (Å²) in [6.45, 7) is 0.228. The highest BCUT2D eigenvalue weighted by atomic mass is 19.1. The van der Waals surface area contributed by atoms with Gasteiger partial charge in [0.25, 0.3) is 5.91 Å². The molecule has 2 aliphatic rings. The fraction of sp³-hybridized carbons (Fsp3) is 0.240. The van der Waals surface area contributed by atoms with Gasteiger partial charge in [-0.15, -0.1) is 0 Å². The van der Waals surface area contributed by atoms with Gasteiger partial charge in [0.1, 0.15) is 45.0 Å². The maximum atomic E-state index is 16.0. The van der Waals surface area contributed by atoms with Crippen LogP contribution in [0.2, 0.25) is 0 Å². The fourth-order valence-corrected chi connectivity index (χ4v) is 5.40. The van der Waals surface area contributed by atoms with Gasteiger partial charge < -0.3 is 4.90 Å². The minimum Gasteiger partial charge on any atom is -0.339 e. The third kappa shape index (κ3) is 3.63. The first-order valence-corrected chi connectivity index (χ1v) is 12.6. The number of halogens is 1. The van der Waals surface area contributed by atoms with Crippen molar-refractivity contribution in [3.63, 3.8) is 0 Å². The van der Waals surface area contributed by atoms with E-state index in [1.165, 1.54) is 0 Å². The summed E-state index contributed by atoms with van der Waals surface area (Å²) in [5, 5.41) is 5.03. The van der Waals surface area contributed by atoms with Gasteiger partial charge in [-0.3, -0.25) is 14.5 Å². The predicted octanol–water partition coefficient (Wildman–Crippen LogP) is -0.386. The van der Waals surface area contributed by atoms with E-state index in [1.807, 2.05) is 44.6 Å². The van der Waals surface area contributed by atoms with Crippen molar-refractivity contribution in [3.8, 4) is 11.1 Å². The number of benzene rings is 2. The number of hydrogen-bond donors (Lipinski definition) is 0. The molecule has 4 aromatic rings. The Morgan fingerprint density at radius 2 is 1.83 bits per heavy atom. The van der Waals surface area contributed by atoms with E-state index in [1.54, 1.807) is 23.2 Å². The molecule has 1 saturated carbocycles. The van der Waals surface area contributed by atoms with Crippen LogP contribution in [0.5, 0.6) is 0 Å². The Labute approximate surface area is 214 Å². The molecule has 3 heterocycles. The van der Waals surface area contributed by atoms with E-state index >= 15 is 4.39 Å². The second kappa shape index (κ2) is 7.89. The van der Waals surface area contributed by atoms with Crippen molar-refractivity contribution >= 4 is 56.0 Å². The first-order valence-electron chi connectivity index (χ1n) is 12.6. The Bertz CT molecular complexity index is 1540. The van der Waals surface area contributed by atoms with Crippen LogP contribution in [-0.2, 0) is 17.1 Å². The summed E-state index contributed by atoms with van der Waals surface area (Å²) in [6, 6.07) is 13.4. The molecule has 36 heavy (non-hydrogen) atoms. The highest BCUT2D eigenvalue weighted by Crippen LogP contribution is 2.45. The average molecular weight is 472 g/mol. The first-order chi connectivity index (χ1) is 17.1. The molecule has 0 radical (unpaired) electrons. The quantitative estimate of drug-likeness (QED) is 0.373. The number of amides is 1. The van der Waals surface area contributed by atoms with Gasteiger partial charge in [0.05, 0.1) is 16.8 Å². The van der Waals surface area contributed by atoms with Crippen LogP contribution in [0.4, 0.5) is 4.39 Å². The lowest BCUT2D eigenvalue weighted by atomic mass is 9.49. The molecule has 0 saturated heterocycles. The summed E-state index contributed by atoms with van der Waals surface area (Å²) in [5.74, 6) is -0.0258. The number of fused-ring (bicyclic) bond motifs is 2. The van der Waals surface area contributed by atoms with Gasteiger partial charge >= 0.3 is 0 Å². The third-order valence-corrected chi connectivity index (χ3v) is 7.65. The number of hydrogen-bond acceptors (Lipinski definition) is 3. The van der Waals surface area contributed by atoms with Crippen molar-refractivity contribution in [2.45, 2.75) is 35.9 Å². The molecule has 0 unspecified atom stereocenters. The van der Waals surface area contributed by atoms with Crippen molar-refractivity contribution in [2.75, 3.05) is 0 Å². The molecule has 1 aliphatic carbocycles. The lowest BCUT2D eigenvalue weighted by Crippen LogP contribution is -2.45. The van der Waals surface area contributed by atoms with Crippen molar-refractivity contribution < 1.29 is 9.18 Å².